The second kappa shape index (κ2) is 18.4. The van der Waals surface area contributed by atoms with E-state index >= 15 is 4.79 Å². The summed E-state index contributed by atoms with van der Waals surface area (Å²) < 4.78 is 23.7. The first kappa shape index (κ1) is 50.5. The molecule has 1 saturated carbocycles. The molecule has 1 spiro atoms. The van der Waals surface area contributed by atoms with Gasteiger partial charge in [0.2, 0.25) is 12.0 Å². The van der Waals surface area contributed by atoms with Gasteiger partial charge in [0, 0.05) is 78.2 Å². The molecule has 3 fully saturated rings. The van der Waals surface area contributed by atoms with Crippen molar-refractivity contribution in [3.05, 3.63) is 70.9 Å². The highest BCUT2D eigenvalue weighted by Gasteiger charge is 2.81. The minimum absolute atomic E-state index is 0.155. The average molecular weight is 975 g/mol. The van der Waals surface area contributed by atoms with Crippen molar-refractivity contribution >= 4 is 52.8 Å². The first-order chi connectivity index (χ1) is 33.2. The molecule has 378 valence electrons. The van der Waals surface area contributed by atoms with Gasteiger partial charge < -0.3 is 59.5 Å². The number of hydrogen-bond donors (Lipinski definition) is 7. The van der Waals surface area contributed by atoms with Crippen molar-refractivity contribution in [3.63, 3.8) is 0 Å². The molecule has 20 heteroatoms. The Morgan fingerprint density at radius 2 is 1.59 bits per heavy atom. The summed E-state index contributed by atoms with van der Waals surface area (Å²) in [5.74, 6) is -5.60. The van der Waals surface area contributed by atoms with Crippen LogP contribution < -0.4 is 9.64 Å². The average Bonchev–Trinajstić information content (AvgIpc) is 4.02. The zero-order chi connectivity index (χ0) is 50.9. The van der Waals surface area contributed by atoms with Crippen molar-refractivity contribution in [1.82, 2.24) is 14.8 Å². The predicted molar refractivity (Wildman–Crippen MR) is 248 cm³/mol. The van der Waals surface area contributed by atoms with E-state index in [1.807, 2.05) is 50.3 Å². The lowest BCUT2D eigenvalue weighted by atomic mass is 9.47. The summed E-state index contributed by atoms with van der Waals surface area (Å²) in [5.41, 5.74) is -3.15. The summed E-state index contributed by atoms with van der Waals surface area (Å²) in [4.78, 5) is 85.7. The van der Waals surface area contributed by atoms with E-state index in [1.165, 1.54) is 33.2 Å². The molecular weight excluding hydrogens is 913 g/mol. The molecule has 70 heavy (non-hydrogen) atoms. The Labute approximate surface area is 403 Å². The van der Waals surface area contributed by atoms with E-state index in [2.05, 4.69) is 20.9 Å². The number of carboxylic acids is 2. The topological polar surface area (TPSA) is 286 Å². The van der Waals surface area contributed by atoms with Crippen LogP contribution in [0.4, 0.5) is 5.69 Å². The highest BCUT2D eigenvalue weighted by molar-refractivity contribution is 5.96. The molecule has 2 saturated heterocycles. The fourth-order valence-corrected chi connectivity index (χ4v) is 13.6. The SMILES string of the molecule is CC[C@]1(O)C[C@H]2CN(CCc3c([nH]c4ccccc34)[C@@](C(=O)OC)(c3cc4c(cc3OC)N(C=O)[C@H]3[C@@](O)(C(=O)OC)[C@H](OC(C)=O)[C@]5(CC)C=CCN6CC[C@]43[C@@H]65)C2)C1.O=C(O)[C@@H](O)[C@H](O)C(=O)O. The van der Waals surface area contributed by atoms with Crippen LogP contribution in [-0.4, -0.2) is 177 Å². The molecule has 6 aliphatic rings. The molecular formula is C50H62N4O16. The Hall–Kier alpha value is -5.90. The Balaban J connectivity index is 0.000000595. The molecule has 3 aromatic rings. The van der Waals surface area contributed by atoms with Crippen LogP contribution in [0, 0.1) is 11.3 Å². The molecule has 1 aliphatic carbocycles. The van der Waals surface area contributed by atoms with Gasteiger partial charge in [0.15, 0.2) is 18.3 Å². The van der Waals surface area contributed by atoms with Crippen molar-refractivity contribution in [3.8, 4) is 5.75 Å². The van der Waals surface area contributed by atoms with Crippen molar-refractivity contribution in [2.75, 3.05) is 59.0 Å². The number of esters is 3. The lowest BCUT2D eigenvalue weighted by Gasteiger charge is -2.63. The normalized spacial score (nSPS) is 33.5. The van der Waals surface area contributed by atoms with Gasteiger partial charge in [0.05, 0.1) is 38.7 Å². The number of piperidine rings is 1. The molecule has 0 radical (unpaired) electrons. The zero-order valence-electron chi connectivity index (χ0n) is 40.0. The largest absolute Gasteiger partial charge is 0.496 e. The van der Waals surface area contributed by atoms with Crippen LogP contribution in [0.1, 0.15) is 75.3 Å². The van der Waals surface area contributed by atoms with E-state index in [0.717, 1.165) is 16.5 Å². The fourth-order valence-electron chi connectivity index (χ4n) is 13.6. The fraction of sp³-hybridized carbons (Fsp3) is 0.560. The second-order valence-electron chi connectivity index (χ2n) is 19.7. The minimum atomic E-state index is -2.53. The van der Waals surface area contributed by atoms with Crippen molar-refractivity contribution in [2.24, 2.45) is 11.3 Å². The van der Waals surface area contributed by atoms with E-state index in [1.54, 1.807) is 6.07 Å². The van der Waals surface area contributed by atoms with Crippen LogP contribution in [0.3, 0.4) is 0 Å². The number of amides is 1. The van der Waals surface area contributed by atoms with Crippen LogP contribution in [0.15, 0.2) is 48.6 Å². The van der Waals surface area contributed by atoms with Gasteiger partial charge in [-0.1, -0.05) is 44.2 Å². The molecule has 2 aromatic carbocycles. The first-order valence-electron chi connectivity index (χ1n) is 23.5. The molecule has 1 aromatic heterocycles. The number of para-hydroxylation sites is 1. The zero-order valence-corrected chi connectivity index (χ0v) is 40.0. The number of carbonyl (C=O) groups is 6. The number of anilines is 1. The number of aliphatic carboxylic acids is 2. The van der Waals surface area contributed by atoms with Crippen LogP contribution in [0.2, 0.25) is 0 Å². The summed E-state index contributed by atoms with van der Waals surface area (Å²) in [5, 5.41) is 58.8. The van der Waals surface area contributed by atoms with E-state index in [9.17, 15) is 34.2 Å². The maximum absolute atomic E-state index is 15.3. The quantitative estimate of drug-likeness (QED) is 0.0619. The Kier molecular flexibility index (Phi) is 13.2. The summed E-state index contributed by atoms with van der Waals surface area (Å²) >= 11 is 0. The molecule has 1 unspecified atom stereocenters. The van der Waals surface area contributed by atoms with Gasteiger partial charge in [0.1, 0.15) is 11.2 Å². The number of H-pyrrole nitrogens is 1. The molecule has 6 heterocycles. The number of nitrogens with zero attached hydrogens (tertiary/aromatic N) is 3. The van der Waals surface area contributed by atoms with E-state index in [4.69, 9.17) is 39.4 Å². The number of aliphatic hydroxyl groups is 4. The molecule has 9 rings (SSSR count). The number of aliphatic hydroxyl groups excluding tert-OH is 2. The number of methoxy groups -OCH3 is 3. The van der Waals surface area contributed by atoms with Crippen LogP contribution in [0.5, 0.6) is 5.75 Å². The summed E-state index contributed by atoms with van der Waals surface area (Å²) in [6, 6.07) is 9.97. The summed E-state index contributed by atoms with van der Waals surface area (Å²) in [6.45, 7) is 8.16. The van der Waals surface area contributed by atoms with Crippen molar-refractivity contribution in [2.45, 2.75) is 112 Å². The smallest absolute Gasteiger partial charge is 0.344 e. The van der Waals surface area contributed by atoms with Gasteiger partial charge in [-0.05, 0) is 74.2 Å². The number of aromatic nitrogens is 1. The second-order valence-corrected chi connectivity index (χ2v) is 19.7. The number of aromatic amines is 1. The lowest BCUT2D eigenvalue weighted by Crippen LogP contribution is -2.81. The third-order valence-corrected chi connectivity index (χ3v) is 16.3. The molecule has 5 aliphatic heterocycles. The summed E-state index contributed by atoms with van der Waals surface area (Å²) in [6.07, 6.45) is 1.30. The number of ether oxygens (including phenoxy) is 4. The van der Waals surface area contributed by atoms with E-state index in [0.29, 0.717) is 99.5 Å². The number of benzene rings is 2. The Morgan fingerprint density at radius 1 is 0.900 bits per heavy atom. The van der Waals surface area contributed by atoms with Crippen molar-refractivity contribution in [1.29, 1.82) is 0 Å². The molecule has 20 nitrogen and oxygen atoms in total. The number of rotatable bonds is 11. The van der Waals surface area contributed by atoms with Gasteiger partial charge in [-0.2, -0.15) is 0 Å². The number of fused-ring (bicyclic) bond motifs is 6. The Bertz CT molecular complexity index is 2620. The molecule has 2 bridgehead atoms. The highest BCUT2D eigenvalue weighted by atomic mass is 16.6. The molecule has 7 N–H and O–H groups in total. The van der Waals surface area contributed by atoms with Crippen LogP contribution in [-0.2, 0) is 60.2 Å². The molecule has 1 amide bonds. The van der Waals surface area contributed by atoms with Gasteiger partial charge in [-0.15, -0.1) is 0 Å². The Morgan fingerprint density at radius 3 is 2.19 bits per heavy atom. The van der Waals surface area contributed by atoms with Crippen molar-refractivity contribution < 1.29 is 78.4 Å². The first-order valence-corrected chi connectivity index (χ1v) is 23.5. The maximum Gasteiger partial charge on any atom is 0.344 e. The predicted octanol–water partition coefficient (Wildman–Crippen LogP) is 1.39. The standard InChI is InChI=1S/C46H56N4O10.C4H6O6/c1-7-42(55)22-28-23-45(40(53)58-5,36-30(14-18-48(24-28)25-42)29-12-9-10-13-33(29)47-36)32-20-31-34(21-35(32)57-4)50(26-51)38-44(31)16-19-49-17-11-15-43(8-2,37(44)49)39(60-27(3)52)46(38,56)41(54)59-6;5-1(3(7)8)2(6)4(9)10/h9-13,15,20-21,26,28,37-39,47,55-56H,7-8,14,16-19,22-25H2,1-6H3;1-2,5-6H,(H,7,8)(H,9,10)/t28-,37+,38-,39-,42+,43-,44-,45+,46+;1-,2-/m10/s1. The maximum atomic E-state index is 15.3. The number of hydrogen-bond acceptors (Lipinski definition) is 16. The van der Waals surface area contributed by atoms with E-state index in [-0.39, 0.29) is 12.3 Å². The van der Waals surface area contributed by atoms with Crippen LogP contribution >= 0.6 is 0 Å². The summed E-state index contributed by atoms with van der Waals surface area (Å²) in [7, 11) is 4.09. The number of carbonyl (C=O) groups excluding carboxylic acids is 4. The van der Waals surface area contributed by atoms with Gasteiger partial charge >= 0.3 is 29.8 Å². The third-order valence-electron chi connectivity index (χ3n) is 16.3. The number of carboxylic acid groups (broad SMARTS) is 2. The molecule has 12 atom stereocenters. The van der Waals surface area contributed by atoms with E-state index < -0.39 is 87.7 Å². The monoisotopic (exact) mass is 974 g/mol. The van der Waals surface area contributed by atoms with Gasteiger partial charge in [-0.25, -0.2) is 14.4 Å². The highest BCUT2D eigenvalue weighted by Crippen LogP contribution is 2.68. The third kappa shape index (κ3) is 7.31. The van der Waals surface area contributed by atoms with Gasteiger partial charge in [-0.3, -0.25) is 24.2 Å². The van der Waals surface area contributed by atoms with Crippen LogP contribution in [0.25, 0.3) is 10.9 Å². The lowest BCUT2D eigenvalue weighted by molar-refractivity contribution is -0.228. The number of nitrogens with one attached hydrogen (secondary N) is 1. The minimum Gasteiger partial charge on any atom is -0.496 e. The van der Waals surface area contributed by atoms with Gasteiger partial charge in [0.25, 0.3) is 0 Å².